The van der Waals surface area contributed by atoms with Gasteiger partial charge in [0.15, 0.2) is 11.6 Å². The molecule has 0 radical (unpaired) electrons. The maximum Gasteiger partial charge on any atom is 0.338 e. The number of esters is 1. The second-order valence-electron chi connectivity index (χ2n) is 10.5. The van der Waals surface area contributed by atoms with Crippen molar-refractivity contribution in [1.82, 2.24) is 10.2 Å². The molecule has 0 saturated carbocycles. The maximum absolute atomic E-state index is 13.7. The lowest BCUT2D eigenvalue weighted by Crippen LogP contribution is -2.36. The van der Waals surface area contributed by atoms with Crippen molar-refractivity contribution in [3.63, 3.8) is 0 Å². The molecule has 2 aliphatic rings. The average molecular weight is 573 g/mol. The lowest BCUT2D eigenvalue weighted by atomic mass is 9.94. The number of carbonyl (C=O) groups excluding carboxylic acids is 1. The normalized spacial score (nSPS) is 17.2. The minimum absolute atomic E-state index is 0.0419. The Bertz CT molecular complexity index is 1430. The molecule has 42 heavy (non-hydrogen) atoms. The zero-order chi connectivity index (χ0) is 29.3. The first-order valence-electron chi connectivity index (χ1n) is 14.4. The van der Waals surface area contributed by atoms with E-state index in [2.05, 4.69) is 10.2 Å². The molecule has 2 aromatic carbocycles. The summed E-state index contributed by atoms with van der Waals surface area (Å²) in [5, 5.41) is 15.0. The lowest BCUT2D eigenvalue weighted by molar-refractivity contribution is -0.385. The zero-order valence-corrected chi connectivity index (χ0v) is 23.8. The van der Waals surface area contributed by atoms with Crippen LogP contribution in [0, 0.1) is 17.0 Å². The minimum Gasteiger partial charge on any atom is -0.462 e. The molecule has 1 unspecified atom stereocenters. The van der Waals surface area contributed by atoms with Crippen LogP contribution < -0.4 is 5.32 Å². The van der Waals surface area contributed by atoms with E-state index < -0.39 is 16.9 Å². The predicted molar refractivity (Wildman–Crippen MR) is 158 cm³/mol. The highest BCUT2D eigenvalue weighted by Gasteiger charge is 2.34. The van der Waals surface area contributed by atoms with E-state index in [0.29, 0.717) is 41.4 Å². The summed E-state index contributed by atoms with van der Waals surface area (Å²) in [5.74, 6) is 0.350. The van der Waals surface area contributed by atoms with Crippen LogP contribution in [0.2, 0.25) is 0 Å². The molecule has 0 spiro atoms. The zero-order valence-electron chi connectivity index (χ0n) is 23.8. The number of rotatable bonds is 13. The number of ether oxygens (including phenoxy) is 2. The summed E-state index contributed by atoms with van der Waals surface area (Å²) in [6.07, 6.45) is 5.35. The van der Waals surface area contributed by atoms with Gasteiger partial charge in [0.1, 0.15) is 6.04 Å². The number of furan rings is 1. The van der Waals surface area contributed by atoms with Gasteiger partial charge in [-0.15, -0.1) is 0 Å². The first-order valence-corrected chi connectivity index (χ1v) is 14.4. The summed E-state index contributed by atoms with van der Waals surface area (Å²) in [6.45, 7) is 5.45. The minimum atomic E-state index is -0.857. The van der Waals surface area contributed by atoms with Crippen molar-refractivity contribution in [2.45, 2.75) is 38.6 Å². The average Bonchev–Trinajstić information content (AvgIpc) is 3.73. The monoisotopic (exact) mass is 572 g/mol. The Morgan fingerprint density at radius 1 is 1.12 bits per heavy atom. The van der Waals surface area contributed by atoms with E-state index in [1.54, 1.807) is 31.2 Å². The molecule has 220 valence electrons. The number of likely N-dealkylation sites (tertiary alicyclic amines) is 1. The van der Waals surface area contributed by atoms with E-state index in [1.807, 2.05) is 30.3 Å². The van der Waals surface area contributed by atoms with Gasteiger partial charge in [-0.25, -0.2) is 4.79 Å². The third-order valence-electron chi connectivity index (χ3n) is 7.53. The highest BCUT2D eigenvalue weighted by atomic mass is 16.6. The fourth-order valence-corrected chi connectivity index (χ4v) is 5.26. The standard InChI is InChI=1S/C32H36N4O6/c1-23-13-14-25(21-27(23)36(38)39)30-29(32(37)42-19-7-11-24-9-3-2-4-10-24)26(22-40-20-17-35-15-5-6-16-35)33-31(34-30)28-12-8-18-41-28/h2-4,8-10,12-14,18,21,30H,5-7,11,15-17,19-20,22H2,1H3,(H,33,34). The quantitative estimate of drug-likeness (QED) is 0.130. The van der Waals surface area contributed by atoms with Gasteiger partial charge in [0.25, 0.3) is 5.69 Å². The lowest BCUT2D eigenvalue weighted by Gasteiger charge is -2.27. The third kappa shape index (κ3) is 7.32. The van der Waals surface area contributed by atoms with Crippen molar-refractivity contribution >= 4 is 17.5 Å². The number of nitrogens with one attached hydrogen (secondary N) is 1. The number of amidine groups is 1. The van der Waals surface area contributed by atoms with Gasteiger partial charge in [0, 0.05) is 18.2 Å². The number of aryl methyl sites for hydroxylation is 2. The van der Waals surface area contributed by atoms with Crippen LogP contribution in [0.1, 0.15) is 47.8 Å². The van der Waals surface area contributed by atoms with Gasteiger partial charge >= 0.3 is 5.97 Å². The molecule has 3 aromatic rings. The molecule has 2 aliphatic heterocycles. The summed E-state index contributed by atoms with van der Waals surface area (Å²) in [7, 11) is 0. The number of nitro benzene ring substituents is 1. The van der Waals surface area contributed by atoms with E-state index >= 15 is 0 Å². The van der Waals surface area contributed by atoms with E-state index in [0.717, 1.165) is 31.6 Å². The number of nitro groups is 1. The molecule has 0 bridgehead atoms. The Hall–Kier alpha value is -4.28. The molecule has 1 N–H and O–H groups in total. The Labute approximate surface area is 245 Å². The van der Waals surface area contributed by atoms with E-state index in [-0.39, 0.29) is 24.5 Å². The largest absolute Gasteiger partial charge is 0.462 e. The van der Waals surface area contributed by atoms with E-state index in [1.165, 1.54) is 25.2 Å². The number of nitrogens with zero attached hydrogens (tertiary/aromatic N) is 3. The van der Waals surface area contributed by atoms with Crippen LogP contribution in [-0.4, -0.2) is 61.1 Å². The van der Waals surface area contributed by atoms with Crippen molar-refractivity contribution in [3.8, 4) is 0 Å². The highest BCUT2D eigenvalue weighted by molar-refractivity contribution is 6.02. The number of hydrogen-bond acceptors (Lipinski definition) is 9. The molecule has 10 nitrogen and oxygen atoms in total. The van der Waals surface area contributed by atoms with Crippen LogP contribution >= 0.6 is 0 Å². The SMILES string of the molecule is Cc1ccc(C2N=C(c3ccco3)NC(COCCN3CCCC3)=C2C(=O)OCCCc2ccccc2)cc1[N+](=O)[O-]. The van der Waals surface area contributed by atoms with Gasteiger partial charge < -0.3 is 24.1 Å². The molecule has 1 saturated heterocycles. The van der Waals surface area contributed by atoms with Crippen LogP contribution in [-0.2, 0) is 20.7 Å². The van der Waals surface area contributed by atoms with E-state index in [4.69, 9.17) is 18.9 Å². The third-order valence-corrected chi connectivity index (χ3v) is 7.53. The van der Waals surface area contributed by atoms with Crippen LogP contribution in [0.15, 0.2) is 87.6 Å². The number of aliphatic imine (C=N–C) groups is 1. The number of benzene rings is 2. The molecule has 0 amide bonds. The molecular formula is C32H36N4O6. The highest BCUT2D eigenvalue weighted by Crippen LogP contribution is 2.35. The van der Waals surface area contributed by atoms with Gasteiger partial charge in [-0.05, 0) is 69.0 Å². The summed E-state index contributed by atoms with van der Waals surface area (Å²) in [5.41, 5.74) is 2.91. The number of hydrogen-bond donors (Lipinski definition) is 1. The Kier molecular flexibility index (Phi) is 9.78. The van der Waals surface area contributed by atoms with Crippen LogP contribution in [0.25, 0.3) is 0 Å². The number of carbonyl (C=O) groups is 1. The molecule has 1 aromatic heterocycles. The second-order valence-corrected chi connectivity index (χ2v) is 10.5. The first kappa shape index (κ1) is 29.2. The fourth-order valence-electron chi connectivity index (χ4n) is 5.26. The van der Waals surface area contributed by atoms with Crippen molar-refractivity contribution in [3.05, 3.63) is 111 Å². The first-order chi connectivity index (χ1) is 20.5. The Morgan fingerprint density at radius 2 is 1.93 bits per heavy atom. The Morgan fingerprint density at radius 3 is 2.67 bits per heavy atom. The van der Waals surface area contributed by atoms with Gasteiger partial charge in [0.2, 0.25) is 0 Å². The smallest absolute Gasteiger partial charge is 0.338 e. The molecular weight excluding hydrogens is 536 g/mol. The van der Waals surface area contributed by atoms with Gasteiger partial charge in [0.05, 0.1) is 42.3 Å². The van der Waals surface area contributed by atoms with Crippen LogP contribution in [0.3, 0.4) is 0 Å². The van der Waals surface area contributed by atoms with Crippen LogP contribution in [0.4, 0.5) is 5.69 Å². The van der Waals surface area contributed by atoms with Crippen molar-refractivity contribution in [1.29, 1.82) is 0 Å². The molecule has 10 heteroatoms. The molecule has 3 heterocycles. The van der Waals surface area contributed by atoms with Gasteiger partial charge in [-0.3, -0.25) is 15.1 Å². The van der Waals surface area contributed by atoms with Crippen molar-refractivity contribution in [2.75, 3.05) is 39.5 Å². The Balaban J connectivity index is 1.42. The van der Waals surface area contributed by atoms with Crippen LogP contribution in [0.5, 0.6) is 0 Å². The molecule has 0 aliphatic carbocycles. The summed E-state index contributed by atoms with van der Waals surface area (Å²) >= 11 is 0. The second kappa shape index (κ2) is 14.1. The van der Waals surface area contributed by atoms with E-state index in [9.17, 15) is 14.9 Å². The molecule has 1 atom stereocenters. The van der Waals surface area contributed by atoms with Crippen molar-refractivity contribution in [2.24, 2.45) is 4.99 Å². The summed E-state index contributed by atoms with van der Waals surface area (Å²) in [6, 6.07) is 17.6. The van der Waals surface area contributed by atoms with Crippen molar-refractivity contribution < 1.29 is 23.6 Å². The summed E-state index contributed by atoms with van der Waals surface area (Å²) < 4.78 is 17.4. The fraction of sp³-hybridized carbons (Fsp3) is 0.375. The van der Waals surface area contributed by atoms with Gasteiger partial charge in [-0.2, -0.15) is 0 Å². The molecule has 1 fully saturated rings. The maximum atomic E-state index is 13.7. The molecule has 5 rings (SSSR count). The predicted octanol–water partition coefficient (Wildman–Crippen LogP) is 5.13. The topological polar surface area (TPSA) is 119 Å². The van der Waals surface area contributed by atoms with Gasteiger partial charge in [-0.1, -0.05) is 42.5 Å². The summed E-state index contributed by atoms with van der Waals surface area (Å²) in [4.78, 5) is 32.2.